The van der Waals surface area contributed by atoms with Crippen molar-refractivity contribution in [1.29, 1.82) is 0 Å². The lowest BCUT2D eigenvalue weighted by atomic mass is 9.77. The second-order valence-corrected chi connectivity index (χ2v) is 5.41. The second kappa shape index (κ2) is 5.71. The van der Waals surface area contributed by atoms with E-state index < -0.39 is 0 Å². The maximum atomic E-state index is 8.30. The molecule has 17 heavy (non-hydrogen) atoms. The van der Waals surface area contributed by atoms with E-state index in [9.17, 15) is 0 Å². The Labute approximate surface area is 103 Å². The molecule has 1 aliphatic carbocycles. The minimum atomic E-state index is 0.492. The summed E-state index contributed by atoms with van der Waals surface area (Å²) in [6.07, 6.45) is 5.42. The SMILES string of the molecule is COCC1CN(CCN=[N+]=[N-])CC12CCCC2. The van der Waals surface area contributed by atoms with Crippen LogP contribution in [-0.4, -0.2) is 44.8 Å². The molecule has 0 aromatic heterocycles. The highest BCUT2D eigenvalue weighted by Gasteiger charge is 2.47. The monoisotopic (exact) mass is 238 g/mol. The number of hydrogen-bond donors (Lipinski definition) is 0. The summed E-state index contributed by atoms with van der Waals surface area (Å²) in [5.74, 6) is 0.668. The Balaban J connectivity index is 1.94. The van der Waals surface area contributed by atoms with Crippen molar-refractivity contribution in [1.82, 2.24) is 4.90 Å². The largest absolute Gasteiger partial charge is 0.384 e. The van der Waals surface area contributed by atoms with Crippen LogP contribution in [-0.2, 0) is 4.74 Å². The Morgan fingerprint density at radius 3 is 2.88 bits per heavy atom. The summed E-state index contributed by atoms with van der Waals surface area (Å²) in [5, 5.41) is 3.63. The van der Waals surface area contributed by atoms with E-state index >= 15 is 0 Å². The van der Waals surface area contributed by atoms with Gasteiger partial charge in [0.05, 0.1) is 6.61 Å². The fourth-order valence-electron chi connectivity index (χ4n) is 3.62. The molecule has 1 unspecified atom stereocenters. The number of rotatable bonds is 5. The molecule has 0 N–H and O–H groups in total. The van der Waals surface area contributed by atoms with Crippen LogP contribution in [0.25, 0.3) is 10.4 Å². The normalized spacial score (nSPS) is 27.5. The number of hydrogen-bond acceptors (Lipinski definition) is 3. The summed E-state index contributed by atoms with van der Waals surface area (Å²) in [6.45, 7) is 4.63. The molecule has 1 heterocycles. The number of methoxy groups -OCH3 is 1. The van der Waals surface area contributed by atoms with E-state index in [1.165, 1.54) is 32.2 Å². The topological polar surface area (TPSA) is 61.2 Å². The van der Waals surface area contributed by atoms with Gasteiger partial charge in [-0.3, -0.25) is 0 Å². The van der Waals surface area contributed by atoms with Crippen LogP contribution in [0.15, 0.2) is 5.11 Å². The third-order valence-corrected chi connectivity index (χ3v) is 4.43. The maximum absolute atomic E-state index is 8.30. The Hall–Kier alpha value is -0.770. The predicted molar refractivity (Wildman–Crippen MR) is 66.7 cm³/mol. The Morgan fingerprint density at radius 2 is 2.24 bits per heavy atom. The first-order chi connectivity index (χ1) is 8.30. The lowest BCUT2D eigenvalue weighted by molar-refractivity contribution is 0.0968. The van der Waals surface area contributed by atoms with E-state index in [4.69, 9.17) is 10.3 Å². The summed E-state index contributed by atoms with van der Waals surface area (Å²) in [6, 6.07) is 0. The highest BCUT2D eigenvalue weighted by molar-refractivity contribution is 4.99. The van der Waals surface area contributed by atoms with E-state index in [2.05, 4.69) is 14.9 Å². The van der Waals surface area contributed by atoms with Crippen LogP contribution in [0.3, 0.4) is 0 Å². The van der Waals surface area contributed by atoms with E-state index in [0.717, 1.165) is 19.7 Å². The lowest BCUT2D eigenvalue weighted by Crippen LogP contribution is -2.30. The minimum absolute atomic E-state index is 0.492. The van der Waals surface area contributed by atoms with Crippen LogP contribution < -0.4 is 0 Å². The van der Waals surface area contributed by atoms with Gasteiger partial charge in [0.1, 0.15) is 0 Å². The van der Waals surface area contributed by atoms with Crippen LogP contribution in [0.5, 0.6) is 0 Å². The van der Waals surface area contributed by atoms with Gasteiger partial charge in [-0.2, -0.15) is 0 Å². The van der Waals surface area contributed by atoms with Crippen molar-refractivity contribution >= 4 is 0 Å². The molecule has 1 atom stereocenters. The fraction of sp³-hybridized carbons (Fsp3) is 1.00. The van der Waals surface area contributed by atoms with Crippen molar-refractivity contribution in [2.75, 3.05) is 39.9 Å². The molecule has 1 spiro atoms. The average molecular weight is 238 g/mol. The molecule has 5 nitrogen and oxygen atoms in total. The molecule has 2 rings (SSSR count). The Morgan fingerprint density at radius 1 is 1.47 bits per heavy atom. The molecule has 0 bridgehead atoms. The minimum Gasteiger partial charge on any atom is -0.384 e. The first kappa shape index (κ1) is 12.7. The van der Waals surface area contributed by atoms with Crippen molar-refractivity contribution in [3.05, 3.63) is 10.4 Å². The van der Waals surface area contributed by atoms with Crippen LogP contribution in [0.2, 0.25) is 0 Å². The van der Waals surface area contributed by atoms with Crippen molar-refractivity contribution in [2.24, 2.45) is 16.4 Å². The van der Waals surface area contributed by atoms with Gasteiger partial charge in [-0.15, -0.1) is 0 Å². The molecule has 0 radical (unpaired) electrons. The molecule has 5 heteroatoms. The van der Waals surface area contributed by atoms with E-state index in [1.807, 2.05) is 0 Å². The molecule has 0 aromatic carbocycles. The standard InChI is InChI=1S/C12H22N4O/c1-17-9-11-8-16(7-6-14-15-13)10-12(11)4-2-3-5-12/h11H,2-10H2,1H3. The predicted octanol–water partition coefficient (Wildman–Crippen LogP) is 2.44. The highest BCUT2D eigenvalue weighted by Crippen LogP contribution is 2.48. The molecule has 1 saturated heterocycles. The van der Waals surface area contributed by atoms with Gasteiger partial charge in [0.15, 0.2) is 0 Å². The van der Waals surface area contributed by atoms with Gasteiger partial charge in [0.25, 0.3) is 0 Å². The van der Waals surface area contributed by atoms with Crippen LogP contribution in [0.1, 0.15) is 25.7 Å². The molecular weight excluding hydrogens is 216 g/mol. The fourth-order valence-corrected chi connectivity index (χ4v) is 3.62. The van der Waals surface area contributed by atoms with Crippen molar-refractivity contribution in [3.63, 3.8) is 0 Å². The third-order valence-electron chi connectivity index (χ3n) is 4.43. The van der Waals surface area contributed by atoms with Gasteiger partial charge in [-0.25, -0.2) is 0 Å². The number of ether oxygens (including phenoxy) is 1. The maximum Gasteiger partial charge on any atom is 0.0508 e. The smallest absolute Gasteiger partial charge is 0.0508 e. The molecule has 1 saturated carbocycles. The zero-order valence-electron chi connectivity index (χ0n) is 10.6. The molecule has 0 aromatic rings. The van der Waals surface area contributed by atoms with Gasteiger partial charge in [-0.05, 0) is 23.8 Å². The summed E-state index contributed by atoms with van der Waals surface area (Å²) < 4.78 is 5.38. The Bertz CT molecular complexity index is 295. The number of azide groups is 1. The zero-order valence-corrected chi connectivity index (χ0v) is 10.6. The van der Waals surface area contributed by atoms with Crippen LogP contribution in [0, 0.1) is 11.3 Å². The molecule has 0 amide bonds. The van der Waals surface area contributed by atoms with Crippen molar-refractivity contribution in [2.45, 2.75) is 25.7 Å². The van der Waals surface area contributed by atoms with E-state index in [-0.39, 0.29) is 0 Å². The van der Waals surface area contributed by atoms with Gasteiger partial charge in [0, 0.05) is 44.1 Å². The molecule has 96 valence electrons. The first-order valence-electron chi connectivity index (χ1n) is 6.53. The lowest BCUT2D eigenvalue weighted by Gasteiger charge is -2.29. The Kier molecular flexibility index (Phi) is 4.26. The zero-order chi connectivity index (χ0) is 12.1. The summed E-state index contributed by atoms with van der Waals surface area (Å²) >= 11 is 0. The number of likely N-dealkylation sites (tertiary alicyclic amines) is 1. The summed E-state index contributed by atoms with van der Waals surface area (Å²) in [4.78, 5) is 5.26. The first-order valence-corrected chi connectivity index (χ1v) is 6.53. The van der Waals surface area contributed by atoms with E-state index in [1.54, 1.807) is 7.11 Å². The van der Waals surface area contributed by atoms with Crippen LogP contribution >= 0.6 is 0 Å². The average Bonchev–Trinajstić information content (AvgIpc) is 2.90. The third kappa shape index (κ3) is 2.73. The molecule has 1 aliphatic heterocycles. The summed E-state index contributed by atoms with van der Waals surface area (Å²) in [5.41, 5.74) is 8.79. The quantitative estimate of drug-likeness (QED) is 0.419. The molecule has 2 fully saturated rings. The van der Waals surface area contributed by atoms with Gasteiger partial charge >= 0.3 is 0 Å². The van der Waals surface area contributed by atoms with E-state index in [0.29, 0.717) is 17.9 Å². The second-order valence-electron chi connectivity index (χ2n) is 5.41. The van der Waals surface area contributed by atoms with Crippen LogP contribution in [0.4, 0.5) is 0 Å². The van der Waals surface area contributed by atoms with Gasteiger partial charge in [-0.1, -0.05) is 18.0 Å². The summed E-state index contributed by atoms with van der Waals surface area (Å²) in [7, 11) is 1.80. The van der Waals surface area contributed by atoms with Crippen molar-refractivity contribution in [3.8, 4) is 0 Å². The highest BCUT2D eigenvalue weighted by atomic mass is 16.5. The van der Waals surface area contributed by atoms with Gasteiger partial charge in [0.2, 0.25) is 0 Å². The number of nitrogens with zero attached hydrogens (tertiary/aromatic N) is 4. The molecular formula is C12H22N4O. The van der Waals surface area contributed by atoms with Gasteiger partial charge < -0.3 is 9.64 Å². The van der Waals surface area contributed by atoms with Crippen molar-refractivity contribution < 1.29 is 4.74 Å². The molecule has 2 aliphatic rings.